The van der Waals surface area contributed by atoms with Crippen molar-refractivity contribution in [2.75, 3.05) is 24.7 Å². The summed E-state index contributed by atoms with van der Waals surface area (Å²) in [5, 5.41) is 12.9. The largest absolute Gasteiger partial charge is 0.420 e. The molecule has 0 spiro atoms. The van der Waals surface area contributed by atoms with Gasteiger partial charge >= 0.3 is 6.18 Å². The summed E-state index contributed by atoms with van der Waals surface area (Å²) in [4.78, 5) is 12.6. The minimum atomic E-state index is -4.66. The van der Waals surface area contributed by atoms with Crippen LogP contribution in [0, 0.1) is 6.92 Å². The van der Waals surface area contributed by atoms with Crippen molar-refractivity contribution < 1.29 is 26.7 Å². The Kier molecular flexibility index (Phi) is 7.13. The lowest BCUT2D eigenvalue weighted by Gasteiger charge is -2.30. The molecule has 4 rings (SSSR count). The Morgan fingerprint density at radius 3 is 2.51 bits per heavy atom. The molecule has 2 aromatic heterocycles. The zero-order valence-corrected chi connectivity index (χ0v) is 20.6. The van der Waals surface area contributed by atoms with Crippen LogP contribution in [0.4, 0.5) is 19.1 Å². The third kappa shape index (κ3) is 5.80. The van der Waals surface area contributed by atoms with Gasteiger partial charge in [-0.05, 0) is 30.9 Å². The molecule has 0 atom stereocenters. The minimum Gasteiger partial charge on any atom is -0.392 e. The van der Waals surface area contributed by atoms with Crippen LogP contribution >= 0.6 is 11.3 Å². The average Bonchev–Trinajstić information content (AvgIpc) is 3.28. The highest BCUT2D eigenvalue weighted by Gasteiger charge is 2.36. The fraction of sp³-hybridized carbons (Fsp3) is 0.409. The molecule has 0 bridgehead atoms. The number of aliphatic hydroxyl groups excluding tert-OH is 1. The van der Waals surface area contributed by atoms with E-state index in [-0.39, 0.29) is 29.2 Å². The van der Waals surface area contributed by atoms with Crippen molar-refractivity contribution in [2.45, 2.75) is 38.6 Å². The van der Waals surface area contributed by atoms with Gasteiger partial charge in [-0.3, -0.25) is 0 Å². The molecular formula is C22H24F3N5O3S2. The molecule has 1 aromatic carbocycles. The first-order valence-corrected chi connectivity index (χ1v) is 13.4. The summed E-state index contributed by atoms with van der Waals surface area (Å²) >= 11 is 1.09. The van der Waals surface area contributed by atoms with Gasteiger partial charge in [0.15, 0.2) is 0 Å². The topological polar surface area (TPSA) is 108 Å². The standard InChI is InChI=1S/C22H24F3N5O3S2/c1-13-9-14(12-31)3-4-16(13)20-26-11-18(34-20)19-17(22(23,24)25)10-27-21(29-19)28-15-5-7-30(8-6-15)35(2,32)33/h3-4,9-11,15,31H,5-8,12H2,1-2H3,(H,27,28,29). The third-order valence-electron chi connectivity index (χ3n) is 5.79. The third-order valence-corrected chi connectivity index (χ3v) is 8.13. The molecule has 188 valence electrons. The first-order valence-electron chi connectivity index (χ1n) is 10.8. The molecule has 0 unspecified atom stereocenters. The molecule has 2 N–H and O–H groups in total. The van der Waals surface area contributed by atoms with Crippen molar-refractivity contribution >= 4 is 27.3 Å². The van der Waals surface area contributed by atoms with Crippen LogP contribution in [0.5, 0.6) is 0 Å². The molecule has 1 saturated heterocycles. The number of halogens is 3. The van der Waals surface area contributed by atoms with E-state index < -0.39 is 21.8 Å². The van der Waals surface area contributed by atoms with Crippen molar-refractivity contribution in [3.05, 3.63) is 47.3 Å². The Balaban J connectivity index is 1.62. The molecule has 3 heterocycles. The number of thiazole rings is 1. The monoisotopic (exact) mass is 527 g/mol. The van der Waals surface area contributed by atoms with Crippen LogP contribution in [0.15, 0.2) is 30.6 Å². The lowest BCUT2D eigenvalue weighted by atomic mass is 10.1. The minimum absolute atomic E-state index is 0.0456. The number of benzene rings is 1. The predicted octanol–water partition coefficient (Wildman–Crippen LogP) is 3.92. The fourth-order valence-corrected chi connectivity index (χ4v) is 5.82. The number of hydrogen-bond donors (Lipinski definition) is 2. The molecule has 0 aliphatic carbocycles. The number of rotatable bonds is 6. The quantitative estimate of drug-likeness (QED) is 0.500. The normalized spacial score (nSPS) is 15.9. The Morgan fingerprint density at radius 2 is 1.91 bits per heavy atom. The maximum absolute atomic E-state index is 13.8. The second-order valence-corrected chi connectivity index (χ2v) is 11.4. The van der Waals surface area contributed by atoms with Gasteiger partial charge in [-0.2, -0.15) is 13.2 Å². The van der Waals surface area contributed by atoms with Crippen LogP contribution in [0.3, 0.4) is 0 Å². The van der Waals surface area contributed by atoms with E-state index in [2.05, 4.69) is 20.3 Å². The molecule has 1 aliphatic rings. The SMILES string of the molecule is Cc1cc(CO)ccc1-c1ncc(-c2nc(NC3CCN(S(C)(=O)=O)CC3)ncc2C(F)(F)F)s1. The first kappa shape index (κ1) is 25.5. The van der Waals surface area contributed by atoms with Crippen LogP contribution in [-0.2, 0) is 22.8 Å². The fourth-order valence-electron chi connectivity index (χ4n) is 3.93. The lowest BCUT2D eigenvalue weighted by Crippen LogP contribution is -2.42. The summed E-state index contributed by atoms with van der Waals surface area (Å²) in [6.07, 6.45) is -0.404. The zero-order chi connectivity index (χ0) is 25.4. The van der Waals surface area contributed by atoms with Gasteiger partial charge in [0.1, 0.15) is 10.6 Å². The van der Waals surface area contributed by atoms with Crippen LogP contribution in [0.2, 0.25) is 0 Å². The van der Waals surface area contributed by atoms with Gasteiger partial charge in [-0.1, -0.05) is 18.2 Å². The molecule has 0 amide bonds. The number of hydrogen-bond acceptors (Lipinski definition) is 8. The van der Waals surface area contributed by atoms with Gasteiger partial charge in [0.25, 0.3) is 0 Å². The van der Waals surface area contributed by atoms with Crippen molar-refractivity contribution in [2.24, 2.45) is 0 Å². The number of nitrogens with one attached hydrogen (secondary N) is 1. The van der Waals surface area contributed by atoms with Crippen LogP contribution in [0.25, 0.3) is 21.1 Å². The second-order valence-electron chi connectivity index (χ2n) is 8.37. The highest BCUT2D eigenvalue weighted by molar-refractivity contribution is 7.88. The number of nitrogens with zero attached hydrogens (tertiary/aromatic N) is 4. The van der Waals surface area contributed by atoms with E-state index in [4.69, 9.17) is 0 Å². The summed E-state index contributed by atoms with van der Waals surface area (Å²) < 4.78 is 66.0. The van der Waals surface area contributed by atoms with Crippen molar-refractivity contribution in [1.29, 1.82) is 0 Å². The number of anilines is 1. The van der Waals surface area contributed by atoms with Crippen molar-refractivity contribution in [3.8, 4) is 21.1 Å². The summed E-state index contributed by atoms with van der Waals surface area (Å²) in [6.45, 7) is 2.37. The van der Waals surface area contributed by atoms with Crippen LogP contribution in [0.1, 0.15) is 29.5 Å². The van der Waals surface area contributed by atoms with Gasteiger partial charge < -0.3 is 10.4 Å². The van der Waals surface area contributed by atoms with Crippen LogP contribution in [-0.4, -0.2) is 58.2 Å². The highest BCUT2D eigenvalue weighted by Crippen LogP contribution is 2.40. The van der Waals surface area contributed by atoms with Crippen LogP contribution < -0.4 is 5.32 Å². The van der Waals surface area contributed by atoms with Gasteiger partial charge in [0.2, 0.25) is 16.0 Å². The number of piperidine rings is 1. The summed E-state index contributed by atoms with van der Waals surface area (Å²) in [6, 6.07) is 5.16. The summed E-state index contributed by atoms with van der Waals surface area (Å²) in [5.41, 5.74) is 1.11. The van der Waals surface area contributed by atoms with E-state index in [0.717, 1.165) is 40.5 Å². The Labute approximate surface area is 204 Å². The number of sulfonamides is 1. The van der Waals surface area contributed by atoms with E-state index in [1.54, 1.807) is 18.2 Å². The van der Waals surface area contributed by atoms with Gasteiger partial charge in [0.05, 0.1) is 23.4 Å². The summed E-state index contributed by atoms with van der Waals surface area (Å²) in [7, 11) is -3.28. The Hall–Kier alpha value is -2.61. The molecule has 8 nitrogen and oxygen atoms in total. The van der Waals surface area contributed by atoms with Gasteiger partial charge in [-0.15, -0.1) is 11.3 Å². The van der Waals surface area contributed by atoms with Gasteiger partial charge in [0, 0.05) is 37.1 Å². The molecule has 3 aromatic rings. The molecule has 35 heavy (non-hydrogen) atoms. The average molecular weight is 528 g/mol. The summed E-state index contributed by atoms with van der Waals surface area (Å²) in [5.74, 6) is 0.0456. The second kappa shape index (κ2) is 9.80. The molecule has 13 heteroatoms. The number of aryl methyl sites for hydroxylation is 1. The molecule has 0 radical (unpaired) electrons. The number of aromatic nitrogens is 3. The maximum atomic E-state index is 13.8. The van der Waals surface area contributed by atoms with E-state index >= 15 is 0 Å². The smallest absolute Gasteiger partial charge is 0.392 e. The first-order chi connectivity index (χ1) is 16.5. The maximum Gasteiger partial charge on any atom is 0.420 e. The van der Waals surface area contributed by atoms with Crippen molar-refractivity contribution in [1.82, 2.24) is 19.3 Å². The highest BCUT2D eigenvalue weighted by atomic mass is 32.2. The Bertz CT molecular complexity index is 1320. The predicted molar refractivity (Wildman–Crippen MR) is 127 cm³/mol. The van der Waals surface area contributed by atoms with Gasteiger partial charge in [-0.25, -0.2) is 27.7 Å². The number of aliphatic hydroxyl groups is 1. The number of alkyl halides is 3. The lowest BCUT2D eigenvalue weighted by molar-refractivity contribution is -0.137. The van der Waals surface area contributed by atoms with E-state index in [1.807, 2.05) is 6.92 Å². The zero-order valence-electron chi connectivity index (χ0n) is 19.0. The van der Waals surface area contributed by atoms with E-state index in [1.165, 1.54) is 10.5 Å². The molecule has 1 aliphatic heterocycles. The van der Waals surface area contributed by atoms with E-state index in [0.29, 0.717) is 30.9 Å². The molecule has 1 fully saturated rings. The Morgan fingerprint density at radius 1 is 1.20 bits per heavy atom. The van der Waals surface area contributed by atoms with E-state index in [9.17, 15) is 26.7 Å². The van der Waals surface area contributed by atoms with Crippen molar-refractivity contribution in [3.63, 3.8) is 0 Å². The molecular weight excluding hydrogens is 503 g/mol. The molecule has 0 saturated carbocycles.